The number of pyridine rings is 1. The van der Waals surface area contributed by atoms with Crippen LogP contribution >= 0.6 is 23.3 Å². The normalized spacial score (nSPS) is 15.5. The SMILES string of the molecule is [B]c1sc(N(c2c(CC)nc3ccc(C4CCN(SC)CC4)cn23)C([B])([B])O)nc1-c1ccc(F)cc1. The van der Waals surface area contributed by atoms with E-state index < -0.39 is 5.52 Å². The Balaban J connectivity index is 1.61. The molecule has 0 amide bonds. The van der Waals surface area contributed by atoms with Gasteiger partial charge in [0.1, 0.15) is 40.8 Å². The first-order chi connectivity index (χ1) is 17.7. The molecule has 1 aliphatic heterocycles. The largest absolute Gasteiger partial charge is 0.389 e. The van der Waals surface area contributed by atoms with E-state index in [0.717, 1.165) is 42.9 Å². The molecule has 37 heavy (non-hydrogen) atoms. The third-order valence-corrected chi connectivity index (χ3v) is 8.48. The van der Waals surface area contributed by atoms with Gasteiger partial charge in [-0.15, -0.1) is 11.3 Å². The highest BCUT2D eigenvalue weighted by molar-refractivity contribution is 7.96. The second kappa shape index (κ2) is 10.5. The lowest BCUT2D eigenvalue weighted by molar-refractivity contribution is 0.218. The molecule has 4 heterocycles. The van der Waals surface area contributed by atoms with Gasteiger partial charge in [-0.3, -0.25) is 13.6 Å². The minimum absolute atomic E-state index is 0.305. The molecular weight excluding hydrogens is 502 g/mol. The fourth-order valence-corrected chi connectivity index (χ4v) is 6.32. The maximum absolute atomic E-state index is 13.5. The molecule has 0 bridgehead atoms. The average Bonchev–Trinajstić information content (AvgIpc) is 3.44. The van der Waals surface area contributed by atoms with Crippen LogP contribution in [0.4, 0.5) is 15.3 Å². The highest BCUT2D eigenvalue weighted by atomic mass is 32.2. The monoisotopic (exact) mass is 527 g/mol. The summed E-state index contributed by atoms with van der Waals surface area (Å²) in [6.45, 7) is 4.04. The van der Waals surface area contributed by atoms with Crippen LogP contribution in [0.15, 0.2) is 42.6 Å². The number of hydrogen-bond acceptors (Lipinski definition) is 7. The fourth-order valence-electron chi connectivity index (χ4n) is 4.83. The van der Waals surface area contributed by atoms with E-state index in [1.807, 2.05) is 17.4 Å². The summed E-state index contributed by atoms with van der Waals surface area (Å²) in [4.78, 5) is 10.8. The summed E-state index contributed by atoms with van der Waals surface area (Å²) in [5.74, 6) is 0.593. The molecule has 184 valence electrons. The molecule has 1 N–H and O–H groups in total. The number of aryl methyl sites for hydroxylation is 1. The standard InChI is InChI=1S/C25H25B3FN5OS2/c1-3-19-23(33-14-17(6-9-20(33)30-19)15-10-12-32(36-2)13-11-15)34(25(27,28)35)24-31-21(22(26)37-24)16-4-7-18(29)8-5-16/h4-9,14-15,35H,3,10-13H2,1-2H3. The van der Waals surface area contributed by atoms with Crippen molar-refractivity contribution in [2.75, 3.05) is 24.2 Å². The van der Waals surface area contributed by atoms with Gasteiger partial charge in [0.2, 0.25) is 0 Å². The molecule has 1 fully saturated rings. The van der Waals surface area contributed by atoms with E-state index in [1.165, 1.54) is 22.6 Å². The molecule has 1 aromatic carbocycles. The first-order valence-corrected chi connectivity index (χ1v) is 14.1. The van der Waals surface area contributed by atoms with Crippen LogP contribution in [0.1, 0.15) is 36.9 Å². The van der Waals surface area contributed by atoms with Crippen LogP contribution in [0.5, 0.6) is 0 Å². The maximum Gasteiger partial charge on any atom is 0.192 e. The van der Waals surface area contributed by atoms with Crippen molar-refractivity contribution < 1.29 is 9.50 Å². The molecule has 0 unspecified atom stereocenters. The number of anilines is 2. The van der Waals surface area contributed by atoms with Crippen LogP contribution in [-0.2, 0) is 6.42 Å². The quantitative estimate of drug-likeness (QED) is 0.226. The highest BCUT2D eigenvalue weighted by Crippen LogP contribution is 2.38. The van der Waals surface area contributed by atoms with Gasteiger partial charge in [0.25, 0.3) is 0 Å². The fraction of sp³-hybridized carbons (Fsp3) is 0.360. The van der Waals surface area contributed by atoms with Gasteiger partial charge in [-0.2, -0.15) is 0 Å². The van der Waals surface area contributed by atoms with Gasteiger partial charge in [-0.1, -0.05) is 24.9 Å². The molecule has 4 aromatic rings. The van der Waals surface area contributed by atoms with Gasteiger partial charge in [0.05, 0.1) is 16.9 Å². The molecule has 1 aliphatic rings. The van der Waals surface area contributed by atoms with Crippen LogP contribution in [0.3, 0.4) is 0 Å². The Hall–Kier alpha value is -2.27. The van der Waals surface area contributed by atoms with Crippen molar-refractivity contribution in [3.63, 3.8) is 0 Å². The summed E-state index contributed by atoms with van der Waals surface area (Å²) < 4.78 is 18.2. The summed E-state index contributed by atoms with van der Waals surface area (Å²) in [6, 6.07) is 10.0. The first kappa shape index (κ1) is 26.3. The number of rotatable bonds is 7. The maximum atomic E-state index is 13.5. The van der Waals surface area contributed by atoms with E-state index in [2.05, 4.69) is 27.8 Å². The first-order valence-electron chi connectivity index (χ1n) is 12.1. The zero-order chi connectivity index (χ0) is 26.3. The van der Waals surface area contributed by atoms with E-state index in [9.17, 15) is 9.50 Å². The van der Waals surface area contributed by atoms with Crippen LogP contribution < -0.4 is 9.68 Å². The number of aromatic nitrogens is 3. The molecule has 0 atom stereocenters. The Morgan fingerprint density at radius 3 is 2.49 bits per heavy atom. The number of nitrogens with zero attached hydrogens (tertiary/aromatic N) is 5. The topological polar surface area (TPSA) is 56.9 Å². The van der Waals surface area contributed by atoms with Gasteiger partial charge < -0.3 is 5.11 Å². The van der Waals surface area contributed by atoms with Gasteiger partial charge >= 0.3 is 0 Å². The van der Waals surface area contributed by atoms with E-state index in [0.29, 0.717) is 45.0 Å². The molecule has 0 saturated carbocycles. The summed E-state index contributed by atoms with van der Waals surface area (Å²) in [5, 5.41) is 11.3. The molecule has 6 nitrogen and oxygen atoms in total. The number of aliphatic hydroxyl groups is 1. The lowest BCUT2D eigenvalue weighted by atomic mass is 9.72. The summed E-state index contributed by atoms with van der Waals surface area (Å²) >= 11 is 2.92. The summed E-state index contributed by atoms with van der Waals surface area (Å²) in [6.07, 6.45) is 6.87. The predicted molar refractivity (Wildman–Crippen MR) is 153 cm³/mol. The Kier molecular flexibility index (Phi) is 7.46. The van der Waals surface area contributed by atoms with E-state index in [-0.39, 0.29) is 5.82 Å². The second-order valence-electron chi connectivity index (χ2n) is 9.15. The molecule has 1 saturated heterocycles. The summed E-state index contributed by atoms with van der Waals surface area (Å²) in [7, 11) is 18.6. The van der Waals surface area contributed by atoms with Crippen molar-refractivity contribution in [1.82, 2.24) is 18.7 Å². The molecule has 5 rings (SSSR count). The third kappa shape index (κ3) is 5.21. The molecule has 12 heteroatoms. The number of fused-ring (bicyclic) bond motifs is 1. The molecule has 3 aromatic heterocycles. The number of halogens is 1. The molecular formula is C25H25B3FN5OS2. The minimum atomic E-state index is -2.29. The van der Waals surface area contributed by atoms with Crippen molar-refractivity contribution in [3.05, 3.63) is 59.7 Å². The minimum Gasteiger partial charge on any atom is -0.389 e. The molecule has 0 spiro atoms. The van der Waals surface area contributed by atoms with E-state index in [1.54, 1.807) is 24.1 Å². The zero-order valence-corrected chi connectivity index (χ0v) is 22.4. The Bertz CT molecular complexity index is 1400. The van der Waals surface area contributed by atoms with Crippen molar-refractivity contribution >= 4 is 68.2 Å². The molecule has 0 aliphatic carbocycles. The van der Waals surface area contributed by atoms with E-state index >= 15 is 0 Å². The number of benzene rings is 1. The highest BCUT2D eigenvalue weighted by Gasteiger charge is 2.33. The van der Waals surface area contributed by atoms with Crippen molar-refractivity contribution in [2.45, 2.75) is 37.6 Å². The number of piperidine rings is 1. The lowest BCUT2D eigenvalue weighted by Gasteiger charge is -2.35. The van der Waals surface area contributed by atoms with Gasteiger partial charge in [-0.05, 0) is 72.1 Å². The van der Waals surface area contributed by atoms with Gasteiger partial charge in [0, 0.05) is 24.8 Å². The van der Waals surface area contributed by atoms with Gasteiger partial charge in [-0.25, -0.2) is 14.4 Å². The van der Waals surface area contributed by atoms with E-state index in [4.69, 9.17) is 28.5 Å². The smallest absolute Gasteiger partial charge is 0.192 e. The zero-order valence-electron chi connectivity index (χ0n) is 20.8. The lowest BCUT2D eigenvalue weighted by Crippen LogP contribution is -2.48. The Morgan fingerprint density at radius 1 is 1.16 bits per heavy atom. The van der Waals surface area contributed by atoms with Crippen molar-refractivity contribution in [2.24, 2.45) is 0 Å². The van der Waals surface area contributed by atoms with Crippen molar-refractivity contribution in [1.29, 1.82) is 0 Å². The van der Waals surface area contributed by atoms with Crippen LogP contribution in [0.25, 0.3) is 16.9 Å². The predicted octanol–water partition coefficient (Wildman–Crippen LogP) is 3.49. The Morgan fingerprint density at radius 2 is 1.86 bits per heavy atom. The number of thiazole rings is 1. The van der Waals surface area contributed by atoms with Crippen LogP contribution in [0.2, 0.25) is 0 Å². The number of hydrogen-bond donors (Lipinski definition) is 1. The van der Waals surface area contributed by atoms with Gasteiger partial charge in [0.15, 0.2) is 5.13 Å². The Labute approximate surface area is 228 Å². The average molecular weight is 527 g/mol. The van der Waals surface area contributed by atoms with Crippen molar-refractivity contribution in [3.8, 4) is 11.3 Å². The summed E-state index contributed by atoms with van der Waals surface area (Å²) in [5.41, 5.74) is 1.44. The van der Waals surface area contributed by atoms with Crippen LogP contribution in [-0.4, -0.2) is 72.2 Å². The third-order valence-electron chi connectivity index (χ3n) is 6.73. The van der Waals surface area contributed by atoms with Crippen LogP contribution in [0, 0.1) is 5.82 Å². The molecule has 6 radical (unpaired) electrons. The number of imidazole rings is 1. The second-order valence-corrected chi connectivity index (χ2v) is 11.0.